The van der Waals surface area contributed by atoms with Gasteiger partial charge in [-0.25, -0.2) is 9.89 Å². The minimum atomic E-state index is -0.477. The molecule has 0 aliphatic heterocycles. The summed E-state index contributed by atoms with van der Waals surface area (Å²) in [5.41, 5.74) is 1.57. The van der Waals surface area contributed by atoms with Gasteiger partial charge in [0.2, 0.25) is 5.91 Å². The third kappa shape index (κ3) is 5.39. The Morgan fingerprint density at radius 2 is 1.87 bits per heavy atom. The molecule has 0 saturated carbocycles. The van der Waals surface area contributed by atoms with Crippen LogP contribution in [0.15, 0.2) is 70.6 Å². The second kappa shape index (κ2) is 10.5. The van der Waals surface area contributed by atoms with Crippen LogP contribution in [-0.4, -0.2) is 32.5 Å². The molecule has 8 heteroatoms. The number of hydrogen-bond donors (Lipinski definition) is 1. The Morgan fingerprint density at radius 3 is 2.53 bits per heavy atom. The van der Waals surface area contributed by atoms with Crippen molar-refractivity contribution in [3.63, 3.8) is 0 Å². The number of benzene rings is 2. The Kier molecular flexibility index (Phi) is 7.46. The van der Waals surface area contributed by atoms with E-state index in [9.17, 15) is 9.59 Å². The molecule has 1 aromatic heterocycles. The summed E-state index contributed by atoms with van der Waals surface area (Å²) in [7, 11) is 0. The van der Waals surface area contributed by atoms with Crippen molar-refractivity contribution in [1.29, 1.82) is 5.26 Å². The fraction of sp³-hybridized carbons (Fsp3) is 0.273. The first-order valence-corrected chi connectivity index (χ1v) is 10.6. The van der Waals surface area contributed by atoms with Crippen LogP contribution in [0.1, 0.15) is 18.9 Å². The van der Waals surface area contributed by atoms with Crippen molar-refractivity contribution < 1.29 is 4.79 Å². The molecule has 0 radical (unpaired) electrons. The van der Waals surface area contributed by atoms with Gasteiger partial charge in [0, 0.05) is 18.8 Å². The van der Waals surface area contributed by atoms with Crippen LogP contribution in [0.2, 0.25) is 0 Å². The van der Waals surface area contributed by atoms with Crippen molar-refractivity contribution in [2.45, 2.75) is 36.7 Å². The fourth-order valence-corrected chi connectivity index (χ4v) is 3.98. The molecule has 3 rings (SSSR count). The van der Waals surface area contributed by atoms with Crippen LogP contribution >= 0.6 is 11.8 Å². The summed E-state index contributed by atoms with van der Waals surface area (Å²) in [4.78, 5) is 26.9. The third-order valence-corrected chi connectivity index (χ3v) is 5.68. The van der Waals surface area contributed by atoms with Crippen LogP contribution in [-0.2, 0) is 17.8 Å². The number of carbonyl (C=O) groups excluding carboxylic acids is 1. The Morgan fingerprint density at radius 1 is 1.20 bits per heavy atom. The van der Waals surface area contributed by atoms with Gasteiger partial charge in [-0.3, -0.25) is 9.36 Å². The highest BCUT2D eigenvalue weighted by Gasteiger charge is 2.25. The van der Waals surface area contributed by atoms with Crippen molar-refractivity contribution in [2.24, 2.45) is 0 Å². The molecule has 0 spiro atoms. The van der Waals surface area contributed by atoms with E-state index in [2.05, 4.69) is 16.3 Å². The lowest BCUT2D eigenvalue weighted by Gasteiger charge is -2.24. The molecule has 1 atom stereocenters. The summed E-state index contributed by atoms with van der Waals surface area (Å²) in [6.45, 7) is 2.57. The Labute approximate surface area is 179 Å². The topological polar surface area (TPSA) is 94.8 Å². The quantitative estimate of drug-likeness (QED) is 0.535. The number of hydrogen-bond acceptors (Lipinski definition) is 5. The van der Waals surface area contributed by atoms with Crippen molar-refractivity contribution in [2.75, 3.05) is 11.4 Å². The molecule has 0 bridgehead atoms. The van der Waals surface area contributed by atoms with Crippen LogP contribution in [0.5, 0.6) is 0 Å². The number of thioether (sulfide) groups is 1. The second-order valence-electron chi connectivity index (χ2n) is 6.69. The lowest BCUT2D eigenvalue weighted by molar-refractivity contribution is -0.117. The number of aryl methyl sites for hydroxylation is 1. The summed E-state index contributed by atoms with van der Waals surface area (Å²) in [6.07, 6.45) is 0.927. The molecular formula is C22H23N5O2S. The maximum Gasteiger partial charge on any atom is 0.343 e. The zero-order chi connectivity index (χ0) is 21.3. The van der Waals surface area contributed by atoms with Crippen molar-refractivity contribution >= 4 is 23.4 Å². The van der Waals surface area contributed by atoms with Gasteiger partial charge in [-0.1, -0.05) is 60.3 Å². The first-order chi connectivity index (χ1) is 14.6. The third-order valence-electron chi connectivity index (χ3n) is 4.60. The largest absolute Gasteiger partial charge is 0.343 e. The minimum Gasteiger partial charge on any atom is -0.310 e. The monoisotopic (exact) mass is 421 g/mol. The zero-order valence-corrected chi connectivity index (χ0v) is 17.5. The van der Waals surface area contributed by atoms with Crippen LogP contribution in [0.3, 0.4) is 0 Å². The number of anilines is 1. The number of H-pyrrole nitrogens is 1. The maximum atomic E-state index is 13.1. The van der Waals surface area contributed by atoms with Crippen LogP contribution in [0, 0.1) is 11.3 Å². The smallest absolute Gasteiger partial charge is 0.310 e. The molecule has 0 unspecified atom stereocenters. The van der Waals surface area contributed by atoms with Crippen molar-refractivity contribution in [3.8, 4) is 6.07 Å². The van der Waals surface area contributed by atoms with E-state index in [1.54, 1.807) is 16.4 Å². The van der Waals surface area contributed by atoms with Gasteiger partial charge in [-0.15, -0.1) is 5.10 Å². The van der Waals surface area contributed by atoms with E-state index in [1.165, 1.54) is 11.8 Å². The average molecular weight is 422 g/mol. The highest BCUT2D eigenvalue weighted by atomic mass is 32.2. The molecule has 2 aromatic carbocycles. The van der Waals surface area contributed by atoms with Gasteiger partial charge >= 0.3 is 5.69 Å². The van der Waals surface area contributed by atoms with E-state index in [1.807, 2.05) is 60.7 Å². The van der Waals surface area contributed by atoms with Gasteiger partial charge in [0.05, 0.1) is 17.7 Å². The Bertz CT molecular complexity index is 1060. The first kappa shape index (κ1) is 21.4. The molecule has 30 heavy (non-hydrogen) atoms. The van der Waals surface area contributed by atoms with Crippen LogP contribution in [0.25, 0.3) is 0 Å². The summed E-state index contributed by atoms with van der Waals surface area (Å²) in [6, 6.07) is 21.3. The number of carbonyl (C=O) groups is 1. The molecule has 1 heterocycles. The number of amides is 1. The van der Waals surface area contributed by atoms with Gasteiger partial charge in [0.1, 0.15) is 0 Å². The van der Waals surface area contributed by atoms with E-state index in [0.717, 1.165) is 11.3 Å². The summed E-state index contributed by atoms with van der Waals surface area (Å²) in [5.74, 6) is -0.133. The summed E-state index contributed by atoms with van der Waals surface area (Å²) >= 11 is 1.24. The average Bonchev–Trinajstić information content (AvgIpc) is 3.12. The van der Waals surface area contributed by atoms with E-state index >= 15 is 0 Å². The standard InChI is InChI=1S/C22H23N5O2S/c1-17(20(28)26(15-8-14-23)19-11-6-3-7-12-19)30-22-25-24-21(29)27(22)16-13-18-9-4-2-5-10-18/h2-7,9-12,17H,8,13,15-16H2,1H3,(H,24,29)/t17-/m1/s1. The number of nitriles is 1. The fourth-order valence-electron chi connectivity index (χ4n) is 3.04. The Balaban J connectivity index is 1.73. The minimum absolute atomic E-state index is 0.133. The van der Waals surface area contributed by atoms with Gasteiger partial charge < -0.3 is 4.90 Å². The van der Waals surface area contributed by atoms with E-state index in [4.69, 9.17) is 5.26 Å². The van der Waals surface area contributed by atoms with Gasteiger partial charge in [0.15, 0.2) is 5.16 Å². The molecule has 7 nitrogen and oxygen atoms in total. The molecular weight excluding hydrogens is 398 g/mol. The molecule has 154 valence electrons. The van der Waals surface area contributed by atoms with Crippen molar-refractivity contribution in [3.05, 3.63) is 76.7 Å². The summed E-state index contributed by atoms with van der Waals surface area (Å²) in [5, 5.41) is 15.6. The van der Waals surface area contributed by atoms with Crippen molar-refractivity contribution in [1.82, 2.24) is 14.8 Å². The maximum absolute atomic E-state index is 13.1. The molecule has 0 aliphatic rings. The number of para-hydroxylation sites is 1. The lowest BCUT2D eigenvalue weighted by atomic mass is 10.1. The highest BCUT2D eigenvalue weighted by Crippen LogP contribution is 2.24. The predicted molar refractivity (Wildman–Crippen MR) is 117 cm³/mol. The number of nitrogens with one attached hydrogen (secondary N) is 1. The zero-order valence-electron chi connectivity index (χ0n) is 16.7. The second-order valence-corrected chi connectivity index (χ2v) is 8.00. The SMILES string of the molecule is C[C@@H](Sc1n[nH]c(=O)n1CCc1ccccc1)C(=O)N(CCC#N)c1ccccc1. The number of aromatic amines is 1. The number of aromatic nitrogens is 3. The molecule has 0 saturated heterocycles. The number of nitrogens with zero attached hydrogens (tertiary/aromatic N) is 4. The van der Waals surface area contributed by atoms with E-state index in [0.29, 0.717) is 24.7 Å². The highest BCUT2D eigenvalue weighted by molar-refractivity contribution is 8.00. The Hall–Kier alpha value is -3.31. The number of rotatable bonds is 9. The molecule has 0 fully saturated rings. The molecule has 3 aromatic rings. The summed E-state index contributed by atoms with van der Waals surface area (Å²) < 4.78 is 1.56. The van der Waals surface area contributed by atoms with Gasteiger partial charge in [-0.2, -0.15) is 5.26 Å². The van der Waals surface area contributed by atoms with Crippen LogP contribution < -0.4 is 10.6 Å². The molecule has 1 N–H and O–H groups in total. The van der Waals surface area contributed by atoms with Gasteiger partial charge in [-0.05, 0) is 31.0 Å². The molecule has 0 aliphatic carbocycles. The lowest BCUT2D eigenvalue weighted by Crippen LogP contribution is -2.37. The van der Waals surface area contributed by atoms with Crippen LogP contribution in [0.4, 0.5) is 5.69 Å². The predicted octanol–water partition coefficient (Wildman–Crippen LogP) is 3.24. The van der Waals surface area contributed by atoms with E-state index in [-0.39, 0.29) is 18.0 Å². The molecule has 1 amide bonds. The first-order valence-electron chi connectivity index (χ1n) is 9.69. The van der Waals surface area contributed by atoms with Gasteiger partial charge in [0.25, 0.3) is 0 Å². The van der Waals surface area contributed by atoms with E-state index < -0.39 is 5.25 Å². The normalized spacial score (nSPS) is 11.6.